The summed E-state index contributed by atoms with van der Waals surface area (Å²) < 4.78 is 1.92. The van der Waals surface area contributed by atoms with E-state index in [1.54, 1.807) is 12.5 Å². The van der Waals surface area contributed by atoms with E-state index in [-0.39, 0.29) is 30.7 Å². The van der Waals surface area contributed by atoms with Gasteiger partial charge in [-0.2, -0.15) is 0 Å². The molecular formula is C18H26Cl2N4O. The molecule has 1 aromatic heterocycles. The number of nitrogens with zero attached hydrogens (tertiary/aromatic N) is 3. The van der Waals surface area contributed by atoms with Crippen molar-refractivity contribution < 1.29 is 4.79 Å². The number of rotatable bonds is 5. The van der Waals surface area contributed by atoms with E-state index in [9.17, 15) is 4.79 Å². The summed E-state index contributed by atoms with van der Waals surface area (Å²) in [7, 11) is 1.99. The van der Waals surface area contributed by atoms with Crippen LogP contribution < -0.4 is 5.32 Å². The van der Waals surface area contributed by atoms with Crippen LogP contribution in [0.2, 0.25) is 0 Å². The molecule has 0 spiro atoms. The van der Waals surface area contributed by atoms with E-state index in [0.29, 0.717) is 0 Å². The summed E-state index contributed by atoms with van der Waals surface area (Å²) >= 11 is 0. The third-order valence-corrected chi connectivity index (χ3v) is 4.60. The summed E-state index contributed by atoms with van der Waals surface area (Å²) in [5.41, 5.74) is 1.72. The van der Waals surface area contributed by atoms with Crippen molar-refractivity contribution in [1.82, 2.24) is 19.8 Å². The van der Waals surface area contributed by atoms with Crippen LogP contribution in [0.5, 0.6) is 0 Å². The molecule has 1 aliphatic rings. The average Bonchev–Trinajstić information content (AvgIpc) is 3.14. The largest absolute Gasteiger partial charge is 0.339 e. The van der Waals surface area contributed by atoms with Crippen LogP contribution in [0, 0.1) is 5.92 Å². The predicted molar refractivity (Wildman–Crippen MR) is 105 cm³/mol. The molecule has 2 heterocycles. The summed E-state index contributed by atoms with van der Waals surface area (Å²) in [6, 6.07) is 7.76. The number of benzene rings is 1. The van der Waals surface area contributed by atoms with Crippen molar-refractivity contribution in [2.24, 2.45) is 5.92 Å². The van der Waals surface area contributed by atoms with Gasteiger partial charge in [0.25, 0.3) is 5.91 Å². The minimum absolute atomic E-state index is 0. The molecule has 1 amide bonds. The van der Waals surface area contributed by atoms with Gasteiger partial charge in [-0.1, -0.05) is 6.07 Å². The Morgan fingerprint density at radius 3 is 2.68 bits per heavy atom. The lowest BCUT2D eigenvalue weighted by Gasteiger charge is -2.32. The first kappa shape index (κ1) is 21.5. The van der Waals surface area contributed by atoms with Crippen molar-refractivity contribution in [3.63, 3.8) is 0 Å². The number of imidazole rings is 1. The highest BCUT2D eigenvalue weighted by Gasteiger charge is 2.23. The van der Waals surface area contributed by atoms with Gasteiger partial charge >= 0.3 is 0 Å². The minimum Gasteiger partial charge on any atom is -0.339 e. The highest BCUT2D eigenvalue weighted by Crippen LogP contribution is 2.22. The van der Waals surface area contributed by atoms with Gasteiger partial charge in [0.1, 0.15) is 0 Å². The molecule has 0 bridgehead atoms. The van der Waals surface area contributed by atoms with E-state index >= 15 is 0 Å². The lowest BCUT2D eigenvalue weighted by molar-refractivity contribution is 0.0687. The second-order valence-electron chi connectivity index (χ2n) is 6.15. The van der Waals surface area contributed by atoms with Crippen molar-refractivity contribution in [2.75, 3.05) is 26.7 Å². The van der Waals surface area contributed by atoms with Gasteiger partial charge in [-0.05, 0) is 57.0 Å². The first-order chi connectivity index (χ1) is 11.3. The van der Waals surface area contributed by atoms with E-state index in [1.165, 1.54) is 6.42 Å². The standard InChI is InChI=1S/C18H24N4O.2ClH/c1-19-8-5-15-6-10-21(11-7-15)18(23)16-3-2-4-17(13-16)22-12-9-20-14-22;;/h2-4,9,12-15,19H,5-8,10-11H2,1H3;2*1H. The van der Waals surface area contributed by atoms with Gasteiger partial charge in [0.2, 0.25) is 0 Å². The van der Waals surface area contributed by atoms with Crippen LogP contribution in [0.4, 0.5) is 0 Å². The third kappa shape index (κ3) is 5.46. The summed E-state index contributed by atoms with van der Waals surface area (Å²) in [4.78, 5) is 18.8. The summed E-state index contributed by atoms with van der Waals surface area (Å²) in [6.45, 7) is 2.79. The molecule has 3 rings (SSSR count). The fraction of sp³-hybridized carbons (Fsp3) is 0.444. The molecule has 0 saturated carbocycles. The van der Waals surface area contributed by atoms with E-state index in [1.807, 2.05) is 47.0 Å². The zero-order valence-electron chi connectivity index (χ0n) is 14.4. The predicted octanol–water partition coefficient (Wildman–Crippen LogP) is 3.18. The van der Waals surface area contributed by atoms with Gasteiger partial charge in [-0.3, -0.25) is 4.79 Å². The first-order valence-electron chi connectivity index (χ1n) is 8.30. The van der Waals surface area contributed by atoms with E-state index < -0.39 is 0 Å². The number of carbonyl (C=O) groups is 1. The Balaban J connectivity index is 0.00000156. The molecule has 7 heteroatoms. The van der Waals surface area contributed by atoms with E-state index in [0.717, 1.165) is 49.6 Å². The topological polar surface area (TPSA) is 50.2 Å². The lowest BCUT2D eigenvalue weighted by atomic mass is 9.93. The van der Waals surface area contributed by atoms with Crippen LogP contribution in [0.15, 0.2) is 43.0 Å². The zero-order chi connectivity index (χ0) is 16.1. The van der Waals surface area contributed by atoms with Crippen LogP contribution in [0.25, 0.3) is 5.69 Å². The number of likely N-dealkylation sites (tertiary alicyclic amines) is 1. The van der Waals surface area contributed by atoms with Gasteiger partial charge in [-0.25, -0.2) is 4.98 Å². The summed E-state index contributed by atoms with van der Waals surface area (Å²) in [5, 5.41) is 3.21. The van der Waals surface area contributed by atoms with Crippen molar-refractivity contribution in [2.45, 2.75) is 19.3 Å². The highest BCUT2D eigenvalue weighted by atomic mass is 35.5. The number of aromatic nitrogens is 2. The fourth-order valence-electron chi connectivity index (χ4n) is 3.17. The molecule has 1 saturated heterocycles. The van der Waals surface area contributed by atoms with Crippen LogP contribution in [0.1, 0.15) is 29.6 Å². The molecule has 138 valence electrons. The average molecular weight is 385 g/mol. The quantitative estimate of drug-likeness (QED) is 0.860. The number of hydrogen-bond donors (Lipinski definition) is 1. The van der Waals surface area contributed by atoms with E-state index in [4.69, 9.17) is 0 Å². The first-order valence-corrected chi connectivity index (χ1v) is 8.30. The number of carbonyl (C=O) groups excluding carboxylic acids is 1. The number of halogens is 2. The molecule has 2 aromatic rings. The Labute approximate surface area is 161 Å². The van der Waals surface area contributed by atoms with Gasteiger partial charge in [0, 0.05) is 36.7 Å². The maximum Gasteiger partial charge on any atom is 0.253 e. The van der Waals surface area contributed by atoms with Crippen molar-refractivity contribution in [1.29, 1.82) is 0 Å². The highest BCUT2D eigenvalue weighted by molar-refractivity contribution is 5.94. The molecule has 1 aromatic carbocycles. The second kappa shape index (κ2) is 10.4. The van der Waals surface area contributed by atoms with Gasteiger partial charge in [-0.15, -0.1) is 24.8 Å². The summed E-state index contributed by atoms with van der Waals surface area (Å²) in [6.07, 6.45) is 8.79. The van der Waals surface area contributed by atoms with Crippen molar-refractivity contribution in [3.05, 3.63) is 48.5 Å². The lowest BCUT2D eigenvalue weighted by Crippen LogP contribution is -2.39. The Bertz CT molecular complexity index is 640. The number of amides is 1. The Morgan fingerprint density at radius 2 is 2.04 bits per heavy atom. The molecular weight excluding hydrogens is 359 g/mol. The van der Waals surface area contributed by atoms with Crippen LogP contribution in [0.3, 0.4) is 0 Å². The Hall–Kier alpha value is -1.56. The third-order valence-electron chi connectivity index (χ3n) is 4.60. The molecule has 25 heavy (non-hydrogen) atoms. The van der Waals surface area contributed by atoms with Crippen LogP contribution >= 0.6 is 24.8 Å². The van der Waals surface area contributed by atoms with Gasteiger partial charge in [0.05, 0.1) is 6.33 Å². The Morgan fingerprint density at radius 1 is 1.28 bits per heavy atom. The maximum atomic E-state index is 12.7. The molecule has 1 fully saturated rings. The molecule has 1 aliphatic heterocycles. The molecule has 5 nitrogen and oxygen atoms in total. The van der Waals surface area contributed by atoms with Crippen molar-refractivity contribution in [3.8, 4) is 5.69 Å². The zero-order valence-corrected chi connectivity index (χ0v) is 16.1. The summed E-state index contributed by atoms with van der Waals surface area (Å²) in [5.74, 6) is 0.878. The number of hydrogen-bond acceptors (Lipinski definition) is 3. The Kier molecular flexibility index (Phi) is 8.97. The number of nitrogens with one attached hydrogen (secondary N) is 1. The van der Waals surface area contributed by atoms with Gasteiger partial charge in [0.15, 0.2) is 0 Å². The van der Waals surface area contributed by atoms with Gasteiger partial charge < -0.3 is 14.8 Å². The fourth-order valence-corrected chi connectivity index (χ4v) is 3.17. The number of piperidine rings is 1. The second-order valence-corrected chi connectivity index (χ2v) is 6.15. The molecule has 0 atom stereocenters. The smallest absolute Gasteiger partial charge is 0.253 e. The minimum atomic E-state index is 0. The molecule has 0 radical (unpaired) electrons. The van der Waals surface area contributed by atoms with Crippen LogP contribution in [-0.4, -0.2) is 47.0 Å². The monoisotopic (exact) mass is 384 g/mol. The molecule has 1 N–H and O–H groups in total. The normalized spacial score (nSPS) is 14.5. The SMILES string of the molecule is CNCCC1CCN(C(=O)c2cccc(-n3ccnc3)c2)CC1.Cl.Cl. The molecule has 0 unspecified atom stereocenters. The molecule has 0 aliphatic carbocycles. The maximum absolute atomic E-state index is 12.7. The van der Waals surface area contributed by atoms with E-state index in [2.05, 4.69) is 10.3 Å². The van der Waals surface area contributed by atoms with Crippen molar-refractivity contribution >= 4 is 30.7 Å². The van der Waals surface area contributed by atoms with Crippen LogP contribution in [-0.2, 0) is 0 Å².